The number of halogens is 2. The molecule has 0 heterocycles. The van der Waals surface area contributed by atoms with Gasteiger partial charge in [-0.3, -0.25) is 0 Å². The summed E-state index contributed by atoms with van der Waals surface area (Å²) >= 11 is 0. The van der Waals surface area contributed by atoms with Gasteiger partial charge in [-0.15, -0.1) is 0 Å². The Kier molecular flexibility index (Phi) is 2.32. The van der Waals surface area contributed by atoms with Crippen molar-refractivity contribution in [3.63, 3.8) is 0 Å². The second-order valence-corrected chi connectivity index (χ2v) is 3.67. The second-order valence-electron chi connectivity index (χ2n) is 3.67. The monoisotopic (exact) mass is 196 g/mol. The SMILES string of the molecule is O=CC(c1ccc(F)cc1F)C1CC1. The molecule has 0 saturated heterocycles. The minimum absolute atomic E-state index is 0.257. The van der Waals surface area contributed by atoms with Crippen LogP contribution in [0.2, 0.25) is 0 Å². The van der Waals surface area contributed by atoms with E-state index in [4.69, 9.17) is 0 Å². The average molecular weight is 196 g/mol. The van der Waals surface area contributed by atoms with Crippen molar-refractivity contribution in [2.24, 2.45) is 5.92 Å². The van der Waals surface area contributed by atoms with Gasteiger partial charge in [0.1, 0.15) is 17.9 Å². The first-order valence-corrected chi connectivity index (χ1v) is 4.62. The first-order valence-electron chi connectivity index (χ1n) is 4.62. The van der Waals surface area contributed by atoms with Crippen LogP contribution in [-0.2, 0) is 4.79 Å². The van der Waals surface area contributed by atoms with Gasteiger partial charge >= 0.3 is 0 Å². The Balaban J connectivity index is 2.33. The number of rotatable bonds is 3. The van der Waals surface area contributed by atoms with Crippen LogP contribution in [0.15, 0.2) is 18.2 Å². The fourth-order valence-electron chi connectivity index (χ4n) is 1.67. The Morgan fingerprint density at radius 3 is 2.57 bits per heavy atom. The van der Waals surface area contributed by atoms with Gasteiger partial charge in [-0.2, -0.15) is 0 Å². The molecule has 0 aliphatic heterocycles. The van der Waals surface area contributed by atoms with Gasteiger partial charge in [-0.1, -0.05) is 6.07 Å². The molecule has 1 aliphatic rings. The summed E-state index contributed by atoms with van der Waals surface area (Å²) < 4.78 is 25.9. The van der Waals surface area contributed by atoms with Crippen LogP contribution in [0, 0.1) is 17.6 Å². The molecule has 1 aromatic carbocycles. The number of hydrogen-bond acceptors (Lipinski definition) is 1. The van der Waals surface area contributed by atoms with E-state index < -0.39 is 17.6 Å². The minimum atomic E-state index is -0.617. The van der Waals surface area contributed by atoms with Crippen LogP contribution in [0.25, 0.3) is 0 Å². The Labute approximate surface area is 80.7 Å². The highest BCUT2D eigenvalue weighted by Crippen LogP contribution is 2.42. The molecular formula is C11H10F2O. The van der Waals surface area contributed by atoms with Gasteiger partial charge in [0, 0.05) is 12.0 Å². The Hall–Kier alpha value is -1.25. The molecule has 0 amide bonds. The van der Waals surface area contributed by atoms with Crippen molar-refractivity contribution in [3.8, 4) is 0 Å². The predicted octanol–water partition coefficient (Wildman–Crippen LogP) is 2.66. The summed E-state index contributed by atoms with van der Waals surface area (Å²) in [5, 5.41) is 0. The van der Waals surface area contributed by atoms with Gasteiger partial charge in [-0.25, -0.2) is 8.78 Å². The largest absolute Gasteiger partial charge is 0.303 e. The summed E-state index contributed by atoms with van der Waals surface area (Å²) in [4.78, 5) is 10.8. The van der Waals surface area contributed by atoms with Crippen LogP contribution in [-0.4, -0.2) is 6.29 Å². The molecule has 0 bridgehead atoms. The normalized spacial score (nSPS) is 17.9. The zero-order chi connectivity index (χ0) is 10.1. The summed E-state index contributed by atoms with van der Waals surface area (Å²) in [5.41, 5.74) is 0.323. The lowest BCUT2D eigenvalue weighted by atomic mass is 9.95. The van der Waals surface area contributed by atoms with Gasteiger partial charge in [-0.05, 0) is 30.4 Å². The van der Waals surface area contributed by atoms with Crippen LogP contribution in [0.4, 0.5) is 8.78 Å². The van der Waals surface area contributed by atoms with E-state index in [1.807, 2.05) is 0 Å². The van der Waals surface area contributed by atoms with E-state index in [1.165, 1.54) is 12.1 Å². The molecule has 1 nitrogen and oxygen atoms in total. The van der Waals surface area contributed by atoms with Crippen LogP contribution < -0.4 is 0 Å². The molecule has 1 aliphatic carbocycles. The summed E-state index contributed by atoms with van der Waals surface area (Å²) in [6.45, 7) is 0. The van der Waals surface area contributed by atoms with E-state index in [-0.39, 0.29) is 5.92 Å². The number of carbonyl (C=O) groups excluding carboxylic acids is 1. The Morgan fingerprint density at radius 2 is 2.07 bits per heavy atom. The third-order valence-corrected chi connectivity index (χ3v) is 2.60. The number of hydrogen-bond donors (Lipinski definition) is 0. The third kappa shape index (κ3) is 1.67. The van der Waals surface area contributed by atoms with Crippen molar-refractivity contribution in [2.75, 3.05) is 0 Å². The molecular weight excluding hydrogens is 186 g/mol. The quantitative estimate of drug-likeness (QED) is 0.679. The molecule has 1 unspecified atom stereocenters. The highest BCUT2D eigenvalue weighted by molar-refractivity contribution is 5.63. The fourth-order valence-corrected chi connectivity index (χ4v) is 1.67. The van der Waals surface area contributed by atoms with Crippen molar-refractivity contribution >= 4 is 6.29 Å². The lowest BCUT2D eigenvalue weighted by Gasteiger charge is -2.09. The van der Waals surface area contributed by atoms with Gasteiger partial charge in [0.25, 0.3) is 0 Å². The van der Waals surface area contributed by atoms with Crippen molar-refractivity contribution < 1.29 is 13.6 Å². The predicted molar refractivity (Wildman–Crippen MR) is 47.9 cm³/mol. The third-order valence-electron chi connectivity index (χ3n) is 2.60. The van der Waals surface area contributed by atoms with Crippen molar-refractivity contribution in [2.45, 2.75) is 18.8 Å². The van der Waals surface area contributed by atoms with Crippen LogP contribution in [0.5, 0.6) is 0 Å². The summed E-state index contributed by atoms with van der Waals surface area (Å²) in [7, 11) is 0. The zero-order valence-electron chi connectivity index (χ0n) is 7.54. The van der Waals surface area contributed by atoms with Crippen molar-refractivity contribution in [1.29, 1.82) is 0 Å². The van der Waals surface area contributed by atoms with Crippen molar-refractivity contribution in [1.82, 2.24) is 0 Å². The molecule has 1 aromatic rings. The Bertz CT molecular complexity index is 358. The Morgan fingerprint density at radius 1 is 1.36 bits per heavy atom. The molecule has 1 atom stereocenters. The highest BCUT2D eigenvalue weighted by Gasteiger charge is 2.33. The summed E-state index contributed by atoms with van der Waals surface area (Å²) in [6, 6.07) is 3.38. The van der Waals surface area contributed by atoms with Gasteiger partial charge in [0.2, 0.25) is 0 Å². The van der Waals surface area contributed by atoms with E-state index in [1.54, 1.807) is 0 Å². The maximum absolute atomic E-state index is 13.3. The average Bonchev–Trinajstić information content (AvgIpc) is 2.93. The van der Waals surface area contributed by atoms with Crippen LogP contribution in [0.1, 0.15) is 24.3 Å². The molecule has 0 aromatic heterocycles. The molecule has 74 valence electrons. The lowest BCUT2D eigenvalue weighted by molar-refractivity contribution is -0.109. The standard InChI is InChI=1S/C11H10F2O/c12-8-3-4-9(11(13)5-8)10(6-14)7-1-2-7/h3-7,10H,1-2H2. The first kappa shape index (κ1) is 9.31. The van der Waals surface area contributed by atoms with E-state index in [9.17, 15) is 13.6 Å². The molecule has 2 rings (SSSR count). The maximum Gasteiger partial charge on any atom is 0.130 e. The molecule has 3 heteroatoms. The van der Waals surface area contributed by atoms with E-state index in [0.29, 0.717) is 5.56 Å². The number of carbonyl (C=O) groups is 1. The van der Waals surface area contributed by atoms with Gasteiger partial charge < -0.3 is 4.79 Å². The topological polar surface area (TPSA) is 17.1 Å². The maximum atomic E-state index is 13.3. The summed E-state index contributed by atoms with van der Waals surface area (Å²) in [6.07, 6.45) is 2.68. The molecule has 0 N–H and O–H groups in total. The summed E-state index contributed by atoms with van der Waals surface area (Å²) in [5.74, 6) is -1.36. The van der Waals surface area contributed by atoms with E-state index in [2.05, 4.69) is 0 Å². The van der Waals surface area contributed by atoms with Crippen molar-refractivity contribution in [3.05, 3.63) is 35.4 Å². The zero-order valence-corrected chi connectivity index (χ0v) is 7.54. The first-order chi connectivity index (χ1) is 6.72. The lowest BCUT2D eigenvalue weighted by Crippen LogP contribution is -2.05. The highest BCUT2D eigenvalue weighted by atomic mass is 19.1. The number of benzene rings is 1. The van der Waals surface area contributed by atoms with Crippen LogP contribution >= 0.6 is 0 Å². The molecule has 1 saturated carbocycles. The van der Waals surface area contributed by atoms with E-state index >= 15 is 0 Å². The smallest absolute Gasteiger partial charge is 0.130 e. The van der Waals surface area contributed by atoms with Crippen LogP contribution in [0.3, 0.4) is 0 Å². The second kappa shape index (κ2) is 3.48. The van der Waals surface area contributed by atoms with E-state index in [0.717, 1.165) is 25.2 Å². The molecule has 1 fully saturated rings. The number of aldehydes is 1. The fraction of sp³-hybridized carbons (Fsp3) is 0.364. The van der Waals surface area contributed by atoms with Gasteiger partial charge in [0.15, 0.2) is 0 Å². The molecule has 0 radical (unpaired) electrons. The van der Waals surface area contributed by atoms with Gasteiger partial charge in [0.05, 0.1) is 0 Å². The molecule has 0 spiro atoms. The minimum Gasteiger partial charge on any atom is -0.303 e. The molecule has 14 heavy (non-hydrogen) atoms.